The highest BCUT2D eigenvalue weighted by molar-refractivity contribution is 7.99. The lowest BCUT2D eigenvalue weighted by atomic mass is 10.2. The SMILES string of the molecule is Cc1cc2nc(Sc3nnc(-c4cccnc4)n3Cc3ccccc3)c3ccccc3n2n1. The molecule has 0 atom stereocenters. The van der Waals surface area contributed by atoms with E-state index in [0.717, 1.165) is 43.8 Å². The number of rotatable bonds is 5. The fourth-order valence-electron chi connectivity index (χ4n) is 3.89. The molecule has 0 amide bonds. The molecule has 8 heteroatoms. The van der Waals surface area contributed by atoms with E-state index in [1.807, 2.05) is 66.2 Å². The number of benzene rings is 2. The summed E-state index contributed by atoms with van der Waals surface area (Å²) in [4.78, 5) is 9.19. The van der Waals surface area contributed by atoms with Crippen LogP contribution in [0.3, 0.4) is 0 Å². The van der Waals surface area contributed by atoms with Crippen LogP contribution in [-0.4, -0.2) is 34.3 Å². The van der Waals surface area contributed by atoms with Crippen LogP contribution in [0.15, 0.2) is 95.4 Å². The van der Waals surface area contributed by atoms with Crippen molar-refractivity contribution in [2.45, 2.75) is 23.7 Å². The van der Waals surface area contributed by atoms with Gasteiger partial charge in [0.05, 0.1) is 17.8 Å². The van der Waals surface area contributed by atoms with Crippen LogP contribution in [0.4, 0.5) is 0 Å². The van der Waals surface area contributed by atoms with Crippen molar-refractivity contribution in [3.8, 4) is 11.4 Å². The minimum Gasteiger partial charge on any atom is -0.297 e. The molecule has 0 aliphatic rings. The number of fused-ring (bicyclic) bond motifs is 3. The maximum atomic E-state index is 4.92. The van der Waals surface area contributed by atoms with E-state index in [0.29, 0.717) is 6.54 Å². The van der Waals surface area contributed by atoms with Gasteiger partial charge in [0.1, 0.15) is 5.03 Å². The first-order chi connectivity index (χ1) is 16.3. The van der Waals surface area contributed by atoms with Crippen LogP contribution in [0.25, 0.3) is 27.9 Å². The first-order valence-electron chi connectivity index (χ1n) is 10.6. The lowest BCUT2D eigenvalue weighted by molar-refractivity contribution is 0.714. The highest BCUT2D eigenvalue weighted by Crippen LogP contribution is 2.34. The molecule has 0 aliphatic carbocycles. The Kier molecular flexibility index (Phi) is 4.84. The summed E-state index contributed by atoms with van der Waals surface area (Å²) in [6.07, 6.45) is 3.57. The first kappa shape index (κ1) is 19.6. The van der Waals surface area contributed by atoms with Crippen LogP contribution < -0.4 is 0 Å². The molecule has 0 spiro atoms. The third kappa shape index (κ3) is 3.64. The predicted octanol–water partition coefficient (Wildman–Crippen LogP) is 5.04. The fourth-order valence-corrected chi connectivity index (χ4v) is 4.83. The second-order valence-corrected chi connectivity index (χ2v) is 8.67. The van der Waals surface area contributed by atoms with E-state index in [2.05, 4.69) is 49.1 Å². The number of nitrogens with zero attached hydrogens (tertiary/aromatic N) is 7. The van der Waals surface area contributed by atoms with Gasteiger partial charge in [0.25, 0.3) is 0 Å². The van der Waals surface area contributed by atoms with Crippen molar-refractivity contribution in [3.05, 3.63) is 96.4 Å². The van der Waals surface area contributed by atoms with E-state index in [4.69, 9.17) is 4.98 Å². The molecule has 6 rings (SSSR count). The topological polar surface area (TPSA) is 73.8 Å². The van der Waals surface area contributed by atoms with Crippen molar-refractivity contribution in [1.29, 1.82) is 0 Å². The number of para-hydroxylation sites is 1. The van der Waals surface area contributed by atoms with Gasteiger partial charge < -0.3 is 0 Å². The molecule has 6 aromatic rings. The number of hydrogen-bond donors (Lipinski definition) is 0. The zero-order valence-electron chi connectivity index (χ0n) is 17.8. The number of hydrogen-bond acceptors (Lipinski definition) is 6. The summed E-state index contributed by atoms with van der Waals surface area (Å²) in [5.74, 6) is 0.778. The van der Waals surface area contributed by atoms with Crippen LogP contribution in [0.5, 0.6) is 0 Å². The minimum atomic E-state index is 0.645. The minimum absolute atomic E-state index is 0.645. The molecule has 0 N–H and O–H groups in total. The summed E-state index contributed by atoms with van der Waals surface area (Å²) in [5.41, 5.74) is 4.85. The molecule has 7 nitrogen and oxygen atoms in total. The van der Waals surface area contributed by atoms with Gasteiger partial charge in [0, 0.05) is 29.4 Å². The summed E-state index contributed by atoms with van der Waals surface area (Å²) in [5, 5.41) is 16.4. The normalized spacial score (nSPS) is 11.4. The lowest BCUT2D eigenvalue weighted by Crippen LogP contribution is -2.04. The van der Waals surface area contributed by atoms with Gasteiger partial charge >= 0.3 is 0 Å². The summed E-state index contributed by atoms with van der Waals surface area (Å²) >= 11 is 1.52. The van der Waals surface area contributed by atoms with Crippen molar-refractivity contribution in [2.24, 2.45) is 0 Å². The van der Waals surface area contributed by atoms with Crippen LogP contribution in [-0.2, 0) is 6.54 Å². The molecule has 0 saturated heterocycles. The third-order valence-electron chi connectivity index (χ3n) is 5.40. The molecule has 0 fully saturated rings. The Morgan fingerprint density at radius 1 is 0.909 bits per heavy atom. The fraction of sp³-hybridized carbons (Fsp3) is 0.0800. The van der Waals surface area contributed by atoms with Gasteiger partial charge in [-0.05, 0) is 42.4 Å². The van der Waals surface area contributed by atoms with E-state index >= 15 is 0 Å². The highest BCUT2D eigenvalue weighted by atomic mass is 32.2. The van der Waals surface area contributed by atoms with Gasteiger partial charge in [-0.25, -0.2) is 9.50 Å². The largest absolute Gasteiger partial charge is 0.297 e. The molecule has 160 valence electrons. The second-order valence-electron chi connectivity index (χ2n) is 7.71. The van der Waals surface area contributed by atoms with Crippen molar-refractivity contribution in [2.75, 3.05) is 0 Å². The van der Waals surface area contributed by atoms with Gasteiger partial charge in [-0.15, -0.1) is 10.2 Å². The summed E-state index contributed by atoms with van der Waals surface area (Å²) in [7, 11) is 0. The van der Waals surface area contributed by atoms with Crippen LogP contribution in [0.1, 0.15) is 11.3 Å². The van der Waals surface area contributed by atoms with Crippen LogP contribution in [0, 0.1) is 6.92 Å². The Hall–Kier alpha value is -4.04. The van der Waals surface area contributed by atoms with Gasteiger partial charge in [0.15, 0.2) is 16.6 Å². The number of aryl methyl sites for hydroxylation is 1. The molecular formula is C25H19N7S. The predicted molar refractivity (Wildman–Crippen MR) is 128 cm³/mol. The molecule has 33 heavy (non-hydrogen) atoms. The number of aromatic nitrogens is 7. The van der Waals surface area contributed by atoms with E-state index in [-0.39, 0.29) is 0 Å². The Bertz CT molecular complexity index is 1570. The molecule has 0 bridgehead atoms. The standard InChI is InChI=1S/C25H19N7S/c1-17-14-22-27-24(20-11-5-6-12-21(20)32(22)30-17)33-25-29-28-23(19-10-7-13-26-15-19)31(25)16-18-8-3-2-4-9-18/h2-15H,16H2,1H3. The smallest absolute Gasteiger partial charge is 0.198 e. The summed E-state index contributed by atoms with van der Waals surface area (Å²) < 4.78 is 4.02. The molecule has 0 aliphatic heterocycles. The van der Waals surface area contributed by atoms with Gasteiger partial charge in [-0.3, -0.25) is 9.55 Å². The maximum absolute atomic E-state index is 4.92. The van der Waals surface area contributed by atoms with Crippen LogP contribution in [0.2, 0.25) is 0 Å². The molecule has 4 heterocycles. The van der Waals surface area contributed by atoms with Gasteiger partial charge in [0.2, 0.25) is 0 Å². The Morgan fingerprint density at radius 2 is 1.76 bits per heavy atom. The summed E-state index contributed by atoms with van der Waals surface area (Å²) in [6.45, 7) is 2.62. The van der Waals surface area contributed by atoms with E-state index in [9.17, 15) is 0 Å². The van der Waals surface area contributed by atoms with Crippen LogP contribution >= 0.6 is 11.8 Å². The molecule has 0 saturated carbocycles. The molecule has 4 aromatic heterocycles. The second kappa shape index (κ2) is 8.14. The van der Waals surface area contributed by atoms with E-state index in [1.165, 1.54) is 17.3 Å². The lowest BCUT2D eigenvalue weighted by Gasteiger charge is -2.11. The first-order valence-corrected chi connectivity index (χ1v) is 11.4. The zero-order valence-corrected chi connectivity index (χ0v) is 18.6. The Labute approximate surface area is 194 Å². The van der Waals surface area contributed by atoms with E-state index in [1.54, 1.807) is 6.20 Å². The average molecular weight is 450 g/mol. The average Bonchev–Trinajstić information content (AvgIpc) is 3.43. The molecule has 0 radical (unpaired) electrons. The van der Waals surface area contributed by atoms with Crippen molar-refractivity contribution < 1.29 is 0 Å². The molecule has 2 aromatic carbocycles. The van der Waals surface area contributed by atoms with Gasteiger partial charge in [-0.2, -0.15) is 5.10 Å². The van der Waals surface area contributed by atoms with Crippen molar-refractivity contribution in [3.63, 3.8) is 0 Å². The Balaban J connectivity index is 1.50. The zero-order chi connectivity index (χ0) is 22.2. The highest BCUT2D eigenvalue weighted by Gasteiger charge is 2.19. The third-order valence-corrected chi connectivity index (χ3v) is 6.39. The quantitative estimate of drug-likeness (QED) is 0.343. The molecular weight excluding hydrogens is 430 g/mol. The van der Waals surface area contributed by atoms with E-state index < -0.39 is 0 Å². The maximum Gasteiger partial charge on any atom is 0.198 e. The van der Waals surface area contributed by atoms with Gasteiger partial charge in [-0.1, -0.05) is 48.5 Å². The number of pyridine rings is 1. The van der Waals surface area contributed by atoms with Crippen molar-refractivity contribution in [1.82, 2.24) is 34.3 Å². The molecule has 0 unspecified atom stereocenters. The monoisotopic (exact) mass is 449 g/mol. The Morgan fingerprint density at radius 3 is 2.61 bits per heavy atom. The van der Waals surface area contributed by atoms with Crippen molar-refractivity contribution >= 4 is 28.3 Å². The summed E-state index contributed by atoms with van der Waals surface area (Å²) in [6, 6.07) is 24.4.